The lowest BCUT2D eigenvalue weighted by Gasteiger charge is -2.13. The first-order valence-electron chi connectivity index (χ1n) is 4.46. The minimum Gasteiger partial charge on any atom is -0.393 e. The average molecular weight is 142 g/mol. The second-order valence-electron chi connectivity index (χ2n) is 3.46. The van der Waals surface area contributed by atoms with Gasteiger partial charge in [-0.05, 0) is 24.7 Å². The Kier molecular flexibility index (Phi) is 2.72. The van der Waals surface area contributed by atoms with Crippen LogP contribution < -0.4 is 0 Å². The maximum Gasteiger partial charge on any atom is 0.0545 e. The molecule has 0 aromatic carbocycles. The molecule has 0 amide bonds. The molecule has 0 bridgehead atoms. The van der Waals surface area contributed by atoms with E-state index in [1.54, 1.807) is 0 Å². The molecule has 1 aliphatic carbocycles. The Labute approximate surface area is 63.4 Å². The summed E-state index contributed by atoms with van der Waals surface area (Å²) in [7, 11) is 0. The number of hydrogen-bond acceptors (Lipinski definition) is 1. The highest BCUT2D eigenvalue weighted by atomic mass is 16.3. The van der Waals surface area contributed by atoms with Gasteiger partial charge in [0.1, 0.15) is 0 Å². The van der Waals surface area contributed by atoms with Crippen LogP contribution in [0.25, 0.3) is 0 Å². The molecule has 1 fully saturated rings. The van der Waals surface area contributed by atoms with Crippen molar-refractivity contribution < 1.29 is 5.11 Å². The topological polar surface area (TPSA) is 20.2 Å². The van der Waals surface area contributed by atoms with E-state index >= 15 is 0 Å². The first-order valence-corrected chi connectivity index (χ1v) is 4.46. The van der Waals surface area contributed by atoms with Gasteiger partial charge >= 0.3 is 0 Å². The molecule has 1 heteroatoms. The van der Waals surface area contributed by atoms with Gasteiger partial charge in [0.15, 0.2) is 0 Å². The summed E-state index contributed by atoms with van der Waals surface area (Å²) in [6.45, 7) is 4.46. The predicted octanol–water partition coefficient (Wildman–Crippen LogP) is 2.19. The third-order valence-corrected chi connectivity index (χ3v) is 2.87. The quantitative estimate of drug-likeness (QED) is 0.626. The smallest absolute Gasteiger partial charge is 0.0545 e. The average Bonchev–Trinajstić information content (AvgIpc) is 2.30. The molecule has 10 heavy (non-hydrogen) atoms. The SMILES string of the molecule is CC[C@H]1CC(O)C[C@@H]1CC. The number of rotatable bonds is 2. The molecule has 1 saturated carbocycles. The minimum atomic E-state index is 0.00917. The molecule has 0 aromatic heterocycles. The molecule has 0 saturated heterocycles. The summed E-state index contributed by atoms with van der Waals surface area (Å²) >= 11 is 0. The van der Waals surface area contributed by atoms with Gasteiger partial charge in [-0.3, -0.25) is 0 Å². The van der Waals surface area contributed by atoms with Crippen LogP contribution in [-0.4, -0.2) is 11.2 Å². The fraction of sp³-hybridized carbons (Fsp3) is 1.00. The predicted molar refractivity (Wildman–Crippen MR) is 42.8 cm³/mol. The van der Waals surface area contributed by atoms with E-state index in [-0.39, 0.29) is 6.10 Å². The van der Waals surface area contributed by atoms with E-state index < -0.39 is 0 Å². The van der Waals surface area contributed by atoms with E-state index in [9.17, 15) is 5.11 Å². The molecule has 0 radical (unpaired) electrons. The number of aliphatic hydroxyl groups is 1. The summed E-state index contributed by atoms with van der Waals surface area (Å²) in [5.41, 5.74) is 0. The molecule has 0 heterocycles. The number of aliphatic hydroxyl groups excluding tert-OH is 1. The molecule has 1 aliphatic rings. The Bertz CT molecular complexity index is 88.9. The van der Waals surface area contributed by atoms with Crippen LogP contribution in [0.2, 0.25) is 0 Å². The lowest BCUT2D eigenvalue weighted by molar-refractivity contribution is 0.175. The van der Waals surface area contributed by atoms with Crippen LogP contribution in [0.5, 0.6) is 0 Å². The van der Waals surface area contributed by atoms with Gasteiger partial charge in [-0.2, -0.15) is 0 Å². The summed E-state index contributed by atoms with van der Waals surface area (Å²) < 4.78 is 0. The standard InChI is InChI=1S/C9H18O/c1-3-7-5-9(10)6-8(7)4-2/h7-10H,3-6H2,1-2H3/t7-,8-/m0/s1. The van der Waals surface area contributed by atoms with Crippen LogP contribution in [0.4, 0.5) is 0 Å². The molecule has 0 aromatic rings. The summed E-state index contributed by atoms with van der Waals surface area (Å²) in [5.74, 6) is 1.61. The minimum absolute atomic E-state index is 0.00917. The van der Waals surface area contributed by atoms with Crippen molar-refractivity contribution in [3.63, 3.8) is 0 Å². The van der Waals surface area contributed by atoms with Crippen LogP contribution in [0.15, 0.2) is 0 Å². The third kappa shape index (κ3) is 1.51. The zero-order chi connectivity index (χ0) is 7.56. The Hall–Kier alpha value is -0.0400. The van der Waals surface area contributed by atoms with Crippen molar-refractivity contribution in [2.75, 3.05) is 0 Å². The molecule has 1 nitrogen and oxygen atoms in total. The van der Waals surface area contributed by atoms with Gasteiger partial charge in [0.25, 0.3) is 0 Å². The molecule has 60 valence electrons. The van der Waals surface area contributed by atoms with Crippen molar-refractivity contribution in [2.45, 2.75) is 45.6 Å². The van der Waals surface area contributed by atoms with Crippen molar-refractivity contribution in [1.82, 2.24) is 0 Å². The van der Waals surface area contributed by atoms with E-state index in [1.807, 2.05) is 0 Å². The second-order valence-corrected chi connectivity index (χ2v) is 3.46. The van der Waals surface area contributed by atoms with Crippen molar-refractivity contribution >= 4 is 0 Å². The van der Waals surface area contributed by atoms with Gasteiger partial charge in [-0.15, -0.1) is 0 Å². The summed E-state index contributed by atoms with van der Waals surface area (Å²) in [4.78, 5) is 0. The first-order chi connectivity index (χ1) is 4.77. The van der Waals surface area contributed by atoms with Crippen molar-refractivity contribution in [2.24, 2.45) is 11.8 Å². The fourth-order valence-electron chi connectivity index (χ4n) is 2.18. The molecule has 0 spiro atoms. The molecular formula is C9H18O. The normalized spacial score (nSPS) is 35.1. The van der Waals surface area contributed by atoms with E-state index in [2.05, 4.69) is 13.8 Å². The van der Waals surface area contributed by atoms with Gasteiger partial charge in [0.2, 0.25) is 0 Å². The maximum atomic E-state index is 9.33. The highest BCUT2D eigenvalue weighted by Gasteiger charge is 2.30. The first kappa shape index (κ1) is 8.06. The molecular weight excluding hydrogens is 124 g/mol. The largest absolute Gasteiger partial charge is 0.393 e. The van der Waals surface area contributed by atoms with E-state index in [0.717, 1.165) is 24.7 Å². The Morgan fingerprint density at radius 1 is 1.10 bits per heavy atom. The monoisotopic (exact) mass is 142 g/mol. The van der Waals surface area contributed by atoms with Gasteiger partial charge in [0.05, 0.1) is 6.10 Å². The third-order valence-electron chi connectivity index (χ3n) is 2.87. The Morgan fingerprint density at radius 2 is 1.50 bits per heavy atom. The number of hydrogen-bond donors (Lipinski definition) is 1. The molecule has 1 rings (SSSR count). The van der Waals surface area contributed by atoms with E-state index in [1.165, 1.54) is 12.8 Å². The summed E-state index contributed by atoms with van der Waals surface area (Å²) in [6.07, 6.45) is 4.60. The molecule has 0 unspecified atom stereocenters. The lowest BCUT2D eigenvalue weighted by atomic mass is 9.92. The van der Waals surface area contributed by atoms with Crippen LogP contribution >= 0.6 is 0 Å². The molecule has 1 N–H and O–H groups in total. The zero-order valence-corrected chi connectivity index (χ0v) is 7.01. The second kappa shape index (κ2) is 3.38. The molecule has 0 aliphatic heterocycles. The van der Waals surface area contributed by atoms with Gasteiger partial charge in [0, 0.05) is 0 Å². The van der Waals surface area contributed by atoms with Crippen LogP contribution in [-0.2, 0) is 0 Å². The zero-order valence-electron chi connectivity index (χ0n) is 7.01. The van der Waals surface area contributed by atoms with Crippen molar-refractivity contribution in [3.8, 4) is 0 Å². The Morgan fingerprint density at radius 3 is 1.80 bits per heavy atom. The summed E-state index contributed by atoms with van der Waals surface area (Å²) in [5, 5.41) is 9.33. The van der Waals surface area contributed by atoms with Crippen LogP contribution in [0.1, 0.15) is 39.5 Å². The molecule has 2 atom stereocenters. The van der Waals surface area contributed by atoms with Crippen molar-refractivity contribution in [1.29, 1.82) is 0 Å². The Balaban J connectivity index is 2.41. The van der Waals surface area contributed by atoms with E-state index in [4.69, 9.17) is 0 Å². The highest BCUT2D eigenvalue weighted by Crippen LogP contribution is 2.35. The van der Waals surface area contributed by atoms with Gasteiger partial charge in [-0.25, -0.2) is 0 Å². The van der Waals surface area contributed by atoms with Crippen molar-refractivity contribution in [3.05, 3.63) is 0 Å². The van der Waals surface area contributed by atoms with E-state index in [0.29, 0.717) is 0 Å². The van der Waals surface area contributed by atoms with Crippen LogP contribution in [0, 0.1) is 11.8 Å². The van der Waals surface area contributed by atoms with Gasteiger partial charge < -0.3 is 5.11 Å². The lowest BCUT2D eigenvalue weighted by Crippen LogP contribution is -2.04. The summed E-state index contributed by atoms with van der Waals surface area (Å²) in [6, 6.07) is 0. The fourth-order valence-corrected chi connectivity index (χ4v) is 2.18. The highest BCUT2D eigenvalue weighted by molar-refractivity contribution is 4.81. The van der Waals surface area contributed by atoms with Crippen LogP contribution in [0.3, 0.4) is 0 Å². The van der Waals surface area contributed by atoms with Gasteiger partial charge in [-0.1, -0.05) is 26.7 Å². The maximum absolute atomic E-state index is 9.33.